The Labute approximate surface area is 83.8 Å². The van der Waals surface area contributed by atoms with E-state index in [0.717, 1.165) is 25.3 Å². The molecule has 2 aliphatic rings. The molecular weight excluding hydrogens is 182 g/mol. The molecule has 74 valence electrons. The van der Waals surface area contributed by atoms with Gasteiger partial charge in [0.25, 0.3) is 0 Å². The molecule has 0 aromatic carbocycles. The van der Waals surface area contributed by atoms with Crippen LogP contribution < -0.4 is 5.32 Å². The van der Waals surface area contributed by atoms with Crippen LogP contribution in [-0.2, 0) is 4.79 Å². The SMILES string of the molecule is O=C(NCC1CCCSC1)C1CC1. The first kappa shape index (κ1) is 9.38. The lowest BCUT2D eigenvalue weighted by molar-refractivity contribution is -0.122. The Hall–Kier alpha value is -0.180. The average Bonchev–Trinajstić information content (AvgIpc) is 2.99. The van der Waals surface area contributed by atoms with Crippen molar-refractivity contribution in [2.24, 2.45) is 11.8 Å². The van der Waals surface area contributed by atoms with Crippen molar-refractivity contribution in [1.82, 2.24) is 5.32 Å². The fourth-order valence-electron chi connectivity index (χ4n) is 1.70. The number of rotatable bonds is 3. The van der Waals surface area contributed by atoms with Crippen LogP contribution in [0.2, 0.25) is 0 Å². The van der Waals surface area contributed by atoms with E-state index in [4.69, 9.17) is 0 Å². The summed E-state index contributed by atoms with van der Waals surface area (Å²) in [6.45, 7) is 0.919. The van der Waals surface area contributed by atoms with Gasteiger partial charge in [0.15, 0.2) is 0 Å². The van der Waals surface area contributed by atoms with Crippen LogP contribution >= 0.6 is 11.8 Å². The summed E-state index contributed by atoms with van der Waals surface area (Å²) in [5.74, 6) is 3.96. The van der Waals surface area contributed by atoms with Crippen molar-refractivity contribution in [3.8, 4) is 0 Å². The molecule has 1 aliphatic heterocycles. The molecule has 0 spiro atoms. The maximum absolute atomic E-state index is 11.3. The Balaban J connectivity index is 1.62. The smallest absolute Gasteiger partial charge is 0.223 e. The molecule has 2 rings (SSSR count). The van der Waals surface area contributed by atoms with Crippen LogP contribution in [0.1, 0.15) is 25.7 Å². The summed E-state index contributed by atoms with van der Waals surface area (Å²) in [6.07, 6.45) is 4.86. The number of carbonyl (C=O) groups excluding carboxylic acids is 1. The van der Waals surface area contributed by atoms with Crippen molar-refractivity contribution in [1.29, 1.82) is 0 Å². The lowest BCUT2D eigenvalue weighted by atomic mass is 10.1. The molecule has 0 aromatic heterocycles. The van der Waals surface area contributed by atoms with Gasteiger partial charge in [0, 0.05) is 12.5 Å². The first-order valence-corrected chi connectivity index (χ1v) is 6.37. The molecule has 0 bridgehead atoms. The maximum Gasteiger partial charge on any atom is 0.223 e. The summed E-state index contributed by atoms with van der Waals surface area (Å²) in [7, 11) is 0. The van der Waals surface area contributed by atoms with Gasteiger partial charge < -0.3 is 5.32 Å². The summed E-state index contributed by atoms with van der Waals surface area (Å²) in [4.78, 5) is 11.3. The van der Waals surface area contributed by atoms with Gasteiger partial charge in [0.2, 0.25) is 5.91 Å². The molecule has 2 nitrogen and oxygen atoms in total. The van der Waals surface area contributed by atoms with Crippen LogP contribution in [0.3, 0.4) is 0 Å². The number of hydrogen-bond acceptors (Lipinski definition) is 2. The van der Waals surface area contributed by atoms with Crippen molar-refractivity contribution in [2.45, 2.75) is 25.7 Å². The molecule has 1 amide bonds. The Morgan fingerprint density at radius 2 is 2.23 bits per heavy atom. The van der Waals surface area contributed by atoms with Gasteiger partial charge in [-0.3, -0.25) is 4.79 Å². The van der Waals surface area contributed by atoms with Gasteiger partial charge in [0.05, 0.1) is 0 Å². The molecule has 1 atom stereocenters. The Morgan fingerprint density at radius 3 is 2.85 bits per heavy atom. The predicted octanol–water partition coefficient (Wildman–Crippen LogP) is 1.66. The van der Waals surface area contributed by atoms with E-state index in [1.54, 1.807) is 0 Å². The second kappa shape index (κ2) is 4.36. The highest BCUT2D eigenvalue weighted by Gasteiger charge is 2.29. The second-order valence-electron chi connectivity index (χ2n) is 4.10. The fourth-order valence-corrected chi connectivity index (χ4v) is 2.86. The van der Waals surface area contributed by atoms with Crippen LogP contribution in [-0.4, -0.2) is 24.0 Å². The van der Waals surface area contributed by atoms with Crippen LogP contribution in [0, 0.1) is 11.8 Å². The van der Waals surface area contributed by atoms with Crippen molar-refractivity contribution in [3.05, 3.63) is 0 Å². The predicted molar refractivity (Wildman–Crippen MR) is 55.8 cm³/mol. The van der Waals surface area contributed by atoms with E-state index in [1.165, 1.54) is 24.3 Å². The average molecular weight is 199 g/mol. The van der Waals surface area contributed by atoms with Gasteiger partial charge in [-0.2, -0.15) is 11.8 Å². The number of carbonyl (C=O) groups is 1. The normalized spacial score (nSPS) is 28.5. The zero-order valence-electron chi connectivity index (χ0n) is 7.92. The van der Waals surface area contributed by atoms with Gasteiger partial charge in [-0.25, -0.2) is 0 Å². The number of nitrogens with one attached hydrogen (secondary N) is 1. The van der Waals surface area contributed by atoms with Gasteiger partial charge in [-0.05, 0) is 43.1 Å². The largest absolute Gasteiger partial charge is 0.356 e. The summed E-state index contributed by atoms with van der Waals surface area (Å²) in [6, 6.07) is 0. The molecule has 1 saturated heterocycles. The first-order valence-electron chi connectivity index (χ1n) is 5.21. The monoisotopic (exact) mass is 199 g/mol. The van der Waals surface area contributed by atoms with Crippen LogP contribution in [0.4, 0.5) is 0 Å². The Morgan fingerprint density at radius 1 is 1.38 bits per heavy atom. The van der Waals surface area contributed by atoms with E-state index in [0.29, 0.717) is 11.8 Å². The van der Waals surface area contributed by atoms with Crippen molar-refractivity contribution >= 4 is 17.7 Å². The summed E-state index contributed by atoms with van der Waals surface area (Å²) in [5, 5.41) is 3.06. The minimum atomic E-state index is 0.301. The maximum atomic E-state index is 11.3. The van der Waals surface area contributed by atoms with E-state index >= 15 is 0 Å². The summed E-state index contributed by atoms with van der Waals surface area (Å²) in [5.41, 5.74) is 0. The highest BCUT2D eigenvalue weighted by molar-refractivity contribution is 7.99. The topological polar surface area (TPSA) is 29.1 Å². The number of thioether (sulfide) groups is 1. The lowest BCUT2D eigenvalue weighted by Gasteiger charge is -2.21. The molecular formula is C10H17NOS. The molecule has 2 fully saturated rings. The highest BCUT2D eigenvalue weighted by Crippen LogP contribution is 2.29. The molecule has 1 aliphatic carbocycles. The molecule has 0 aromatic rings. The summed E-state index contributed by atoms with van der Waals surface area (Å²) >= 11 is 2.03. The Bertz CT molecular complexity index is 185. The highest BCUT2D eigenvalue weighted by atomic mass is 32.2. The van der Waals surface area contributed by atoms with Crippen LogP contribution in [0.5, 0.6) is 0 Å². The molecule has 1 heterocycles. The molecule has 1 saturated carbocycles. The minimum absolute atomic E-state index is 0.301. The van der Waals surface area contributed by atoms with Crippen LogP contribution in [0.25, 0.3) is 0 Å². The van der Waals surface area contributed by atoms with E-state index in [1.807, 2.05) is 11.8 Å². The Kier molecular flexibility index (Phi) is 3.14. The van der Waals surface area contributed by atoms with Crippen molar-refractivity contribution < 1.29 is 4.79 Å². The van der Waals surface area contributed by atoms with E-state index < -0.39 is 0 Å². The summed E-state index contributed by atoms with van der Waals surface area (Å²) < 4.78 is 0. The standard InChI is InChI=1S/C10H17NOS/c12-10(9-3-4-9)11-6-8-2-1-5-13-7-8/h8-9H,1-7H2,(H,11,12). The van der Waals surface area contributed by atoms with E-state index in [-0.39, 0.29) is 0 Å². The van der Waals surface area contributed by atoms with Crippen molar-refractivity contribution in [2.75, 3.05) is 18.1 Å². The second-order valence-corrected chi connectivity index (χ2v) is 5.25. The molecule has 0 radical (unpaired) electrons. The van der Waals surface area contributed by atoms with E-state index in [9.17, 15) is 4.79 Å². The third kappa shape index (κ3) is 2.90. The number of amides is 1. The zero-order valence-corrected chi connectivity index (χ0v) is 8.74. The van der Waals surface area contributed by atoms with Gasteiger partial charge in [-0.1, -0.05) is 0 Å². The lowest BCUT2D eigenvalue weighted by Crippen LogP contribution is -2.32. The third-order valence-electron chi connectivity index (χ3n) is 2.77. The molecule has 1 N–H and O–H groups in total. The molecule has 1 unspecified atom stereocenters. The van der Waals surface area contributed by atoms with Gasteiger partial charge in [-0.15, -0.1) is 0 Å². The van der Waals surface area contributed by atoms with Crippen LogP contribution in [0.15, 0.2) is 0 Å². The fraction of sp³-hybridized carbons (Fsp3) is 0.900. The third-order valence-corrected chi connectivity index (χ3v) is 4.05. The first-order chi connectivity index (χ1) is 6.36. The minimum Gasteiger partial charge on any atom is -0.356 e. The number of hydrogen-bond donors (Lipinski definition) is 1. The van der Waals surface area contributed by atoms with Gasteiger partial charge in [0.1, 0.15) is 0 Å². The van der Waals surface area contributed by atoms with Gasteiger partial charge >= 0.3 is 0 Å². The molecule has 3 heteroatoms. The van der Waals surface area contributed by atoms with Crippen molar-refractivity contribution in [3.63, 3.8) is 0 Å². The quantitative estimate of drug-likeness (QED) is 0.749. The zero-order chi connectivity index (χ0) is 9.10. The van der Waals surface area contributed by atoms with E-state index in [2.05, 4.69) is 5.32 Å². The molecule has 13 heavy (non-hydrogen) atoms.